The summed E-state index contributed by atoms with van der Waals surface area (Å²) in [7, 11) is 0. The van der Waals surface area contributed by atoms with Gasteiger partial charge in [-0.15, -0.1) is 0 Å². The standard InChI is InChI=1S/C14H24N2O3/c1-13(2,3)10(15)11(17)16-6-7-8(14(7,4)5)9(16)12(18)19/h7-10H,6,15H2,1-5H3,(H,18,19)/t7-,8-,9-,10+/m0/s1/i1D3,2D3,3D3,4D3,5D3. The Labute approximate surface area is 135 Å². The van der Waals surface area contributed by atoms with Crippen LogP contribution in [-0.4, -0.2) is 40.5 Å². The van der Waals surface area contributed by atoms with Crippen LogP contribution in [0.2, 0.25) is 0 Å². The van der Waals surface area contributed by atoms with Crippen LogP contribution in [0, 0.1) is 22.7 Å². The van der Waals surface area contributed by atoms with Crippen LogP contribution in [0.4, 0.5) is 0 Å². The van der Waals surface area contributed by atoms with Crippen molar-refractivity contribution in [3.8, 4) is 0 Å². The number of likely N-dealkylation sites (tertiary alicyclic amines) is 1. The van der Waals surface area contributed by atoms with E-state index in [4.69, 9.17) is 26.3 Å². The molecule has 2 rings (SSSR count). The quantitative estimate of drug-likeness (QED) is 0.789. The lowest BCUT2D eigenvalue weighted by Gasteiger charge is -2.34. The molecule has 0 spiro atoms. The lowest BCUT2D eigenvalue weighted by atomic mass is 9.86. The average molecular weight is 283 g/mol. The molecule has 0 aromatic carbocycles. The molecule has 2 aliphatic rings. The van der Waals surface area contributed by atoms with Gasteiger partial charge in [-0.25, -0.2) is 4.79 Å². The van der Waals surface area contributed by atoms with E-state index in [0.717, 1.165) is 0 Å². The van der Waals surface area contributed by atoms with Crippen LogP contribution in [0.3, 0.4) is 0 Å². The van der Waals surface area contributed by atoms with E-state index in [2.05, 4.69) is 0 Å². The fourth-order valence-corrected chi connectivity index (χ4v) is 2.61. The molecule has 108 valence electrons. The van der Waals surface area contributed by atoms with Crippen LogP contribution in [0.5, 0.6) is 0 Å². The van der Waals surface area contributed by atoms with Gasteiger partial charge in [0.1, 0.15) is 6.04 Å². The van der Waals surface area contributed by atoms with Crippen LogP contribution in [0.1, 0.15) is 54.8 Å². The third kappa shape index (κ3) is 2.04. The SMILES string of the molecule is [2H]C([2H])([2H])C1(C([2H])([2H])[2H])[C@@H]2[C@@H](C(=O)O)N(C(=O)[C@@H](N)C(C([2H])([2H])[2H])(C([2H])([2H])[2H])C([2H])([2H])[2H])C[C@@H]21. The van der Waals surface area contributed by atoms with Crippen molar-refractivity contribution in [2.24, 2.45) is 28.4 Å². The molecule has 1 saturated carbocycles. The summed E-state index contributed by atoms with van der Waals surface area (Å²) in [5, 5.41) is 9.72. The van der Waals surface area contributed by atoms with E-state index < -0.39 is 87.4 Å². The first-order valence-corrected chi connectivity index (χ1v) is 5.53. The van der Waals surface area contributed by atoms with Crippen molar-refractivity contribution in [3.05, 3.63) is 0 Å². The Hall–Kier alpha value is -1.10. The number of carboxylic acid groups (broad SMARTS) is 1. The highest BCUT2D eigenvalue weighted by molar-refractivity contribution is 5.89. The molecule has 4 atom stereocenters. The molecule has 1 aliphatic heterocycles. The molecule has 19 heavy (non-hydrogen) atoms. The summed E-state index contributed by atoms with van der Waals surface area (Å²) in [6, 6.07) is -4.89. The minimum atomic E-state index is -3.85. The van der Waals surface area contributed by atoms with Crippen LogP contribution < -0.4 is 5.73 Å². The van der Waals surface area contributed by atoms with E-state index in [1.54, 1.807) is 0 Å². The second-order valence-corrected chi connectivity index (χ2v) is 5.06. The van der Waals surface area contributed by atoms with E-state index >= 15 is 0 Å². The van der Waals surface area contributed by atoms with Crippen LogP contribution in [0.25, 0.3) is 0 Å². The highest BCUT2D eigenvalue weighted by Crippen LogP contribution is 2.64. The molecular weight excluding hydrogens is 244 g/mol. The lowest BCUT2D eigenvalue weighted by Crippen LogP contribution is -2.55. The Balaban J connectivity index is 2.62. The van der Waals surface area contributed by atoms with Crippen molar-refractivity contribution in [3.63, 3.8) is 0 Å². The van der Waals surface area contributed by atoms with Gasteiger partial charge in [-0.05, 0) is 16.7 Å². The monoisotopic (exact) mass is 283 g/mol. The summed E-state index contributed by atoms with van der Waals surface area (Å²) < 4.78 is 115. The summed E-state index contributed by atoms with van der Waals surface area (Å²) in [5.74, 6) is -6.48. The topological polar surface area (TPSA) is 83.6 Å². The van der Waals surface area contributed by atoms with Crippen molar-refractivity contribution < 1.29 is 35.3 Å². The first-order chi connectivity index (χ1) is 14.7. The number of aliphatic carboxylic acids is 1. The number of piperidine rings is 1. The Bertz CT molecular complexity index is 803. The van der Waals surface area contributed by atoms with Gasteiger partial charge in [0.25, 0.3) is 0 Å². The largest absolute Gasteiger partial charge is 0.480 e. The third-order valence-corrected chi connectivity index (χ3v) is 3.77. The fraction of sp³-hybridized carbons (Fsp3) is 0.857. The second kappa shape index (κ2) is 3.95. The van der Waals surface area contributed by atoms with E-state index in [-0.39, 0.29) is 0 Å². The van der Waals surface area contributed by atoms with Gasteiger partial charge < -0.3 is 15.7 Å². The fourth-order valence-electron chi connectivity index (χ4n) is 2.61. The Morgan fingerprint density at radius 1 is 1.47 bits per heavy atom. The van der Waals surface area contributed by atoms with Crippen molar-refractivity contribution in [1.29, 1.82) is 0 Å². The maximum Gasteiger partial charge on any atom is 0.326 e. The van der Waals surface area contributed by atoms with E-state index in [0.29, 0.717) is 4.90 Å². The molecule has 0 radical (unpaired) electrons. The third-order valence-electron chi connectivity index (χ3n) is 3.77. The first-order valence-electron chi connectivity index (χ1n) is 13.0. The van der Waals surface area contributed by atoms with Crippen molar-refractivity contribution >= 4 is 11.9 Å². The molecule has 0 bridgehead atoms. The number of nitrogens with zero attached hydrogens (tertiary/aromatic N) is 1. The maximum atomic E-state index is 13.2. The number of carboxylic acids is 1. The van der Waals surface area contributed by atoms with Crippen molar-refractivity contribution in [2.45, 2.75) is 46.3 Å². The minimum absolute atomic E-state index is 0.385. The summed E-state index contributed by atoms with van der Waals surface area (Å²) >= 11 is 0. The predicted octanol–water partition coefficient (Wildman–Crippen LogP) is 0.927. The van der Waals surface area contributed by atoms with Gasteiger partial charge in [0, 0.05) is 33.0 Å². The van der Waals surface area contributed by atoms with Gasteiger partial charge >= 0.3 is 5.97 Å². The molecule has 3 N–H and O–H groups in total. The smallest absolute Gasteiger partial charge is 0.326 e. The number of fused-ring (bicyclic) bond motifs is 1. The van der Waals surface area contributed by atoms with Crippen LogP contribution in [0.15, 0.2) is 0 Å². The molecule has 1 aliphatic carbocycles. The van der Waals surface area contributed by atoms with Crippen molar-refractivity contribution in [2.75, 3.05) is 6.54 Å². The highest BCUT2D eigenvalue weighted by Gasteiger charge is 2.69. The summed E-state index contributed by atoms with van der Waals surface area (Å²) in [6.07, 6.45) is 0. The van der Waals surface area contributed by atoms with Gasteiger partial charge in [-0.2, -0.15) is 0 Å². The molecule has 1 saturated heterocycles. The number of hydrogen-bond acceptors (Lipinski definition) is 3. The first kappa shape index (κ1) is 4.45. The lowest BCUT2D eigenvalue weighted by molar-refractivity contribution is -0.151. The Morgan fingerprint density at radius 3 is 2.58 bits per heavy atom. The molecule has 1 amide bonds. The van der Waals surface area contributed by atoms with Gasteiger partial charge in [-0.1, -0.05) is 34.3 Å². The zero-order valence-electron chi connectivity index (χ0n) is 24.8. The highest BCUT2D eigenvalue weighted by atomic mass is 16.4. The predicted molar refractivity (Wildman–Crippen MR) is 71.3 cm³/mol. The van der Waals surface area contributed by atoms with Gasteiger partial charge in [-0.3, -0.25) is 4.79 Å². The number of amides is 1. The number of rotatable bonds is 2. The van der Waals surface area contributed by atoms with Gasteiger partial charge in [0.15, 0.2) is 0 Å². The number of hydrogen-bond donors (Lipinski definition) is 2. The van der Waals surface area contributed by atoms with E-state index in [1.807, 2.05) is 0 Å². The summed E-state index contributed by atoms with van der Waals surface area (Å²) in [5.41, 5.74) is -0.563. The zero-order chi connectivity index (χ0) is 27.2. The molecule has 1 heterocycles. The molecule has 0 unspecified atom stereocenters. The summed E-state index contributed by atoms with van der Waals surface area (Å²) in [6.45, 7) is -18.6. The van der Waals surface area contributed by atoms with Gasteiger partial charge in [0.05, 0.1) is 6.04 Å². The number of carbonyl (C=O) groups is 2. The van der Waals surface area contributed by atoms with Gasteiger partial charge in [0.2, 0.25) is 5.91 Å². The van der Waals surface area contributed by atoms with Crippen LogP contribution >= 0.6 is 0 Å². The molecule has 5 heteroatoms. The van der Waals surface area contributed by atoms with Crippen molar-refractivity contribution in [1.82, 2.24) is 4.90 Å². The molecule has 5 nitrogen and oxygen atoms in total. The van der Waals surface area contributed by atoms with E-state index in [9.17, 15) is 14.7 Å². The number of carbonyl (C=O) groups excluding carboxylic acids is 1. The number of nitrogens with two attached hydrogens (primary N) is 1. The molecular formula is C14H24N2O3. The maximum absolute atomic E-state index is 13.2. The van der Waals surface area contributed by atoms with E-state index in [1.165, 1.54) is 0 Å². The second-order valence-electron chi connectivity index (χ2n) is 5.06. The summed E-state index contributed by atoms with van der Waals surface area (Å²) in [4.78, 5) is 25.6. The molecule has 0 aromatic rings. The zero-order valence-corrected chi connectivity index (χ0v) is 9.80. The Kier molecular flexibility index (Phi) is 0.924. The molecule has 0 aromatic heterocycles. The minimum Gasteiger partial charge on any atom is -0.480 e. The van der Waals surface area contributed by atoms with Crippen LogP contribution in [-0.2, 0) is 9.59 Å². The normalized spacial score (nSPS) is 48.8. The molecule has 2 fully saturated rings. The Morgan fingerprint density at radius 2 is 2.11 bits per heavy atom. The average Bonchev–Trinajstić information content (AvgIpc) is 3.04.